The van der Waals surface area contributed by atoms with Crippen molar-refractivity contribution < 1.29 is 9.59 Å². The molecular weight excluding hydrogens is 928 g/mol. The van der Waals surface area contributed by atoms with E-state index in [2.05, 4.69) is 95.0 Å². The number of halogens is 3. The van der Waals surface area contributed by atoms with Crippen LogP contribution in [0, 0.1) is 13.8 Å². The number of anilines is 5. The first-order valence-electron chi connectivity index (χ1n) is 19.2. The Labute approximate surface area is 375 Å². The van der Waals surface area contributed by atoms with Crippen LogP contribution in [0.25, 0.3) is 21.8 Å². The fraction of sp³-hybridized carbons (Fsp3) is 0.286. The SMILES string of the molecule is C=CC(=O)N(C)c1ccc2c(N3CC[C@@H](N)C3)nc(C)nc2c1.C=CC(=O)N(C)c1ccc2c(N3CC[C@@H](Nc4ncc(Br)cn4)C3)nc(C)nc2c1.Clc1ncc(Br)cn1. The van der Waals surface area contributed by atoms with Crippen LogP contribution in [0.5, 0.6) is 0 Å². The molecule has 4 aromatic heterocycles. The number of hydrogen-bond donors (Lipinski definition) is 2. The van der Waals surface area contributed by atoms with Gasteiger partial charge < -0.3 is 30.7 Å². The highest BCUT2D eigenvalue weighted by Gasteiger charge is 2.27. The average Bonchev–Trinajstić information content (AvgIpc) is 3.92. The van der Waals surface area contributed by atoms with Gasteiger partial charge in [-0.15, -0.1) is 0 Å². The highest BCUT2D eigenvalue weighted by molar-refractivity contribution is 9.10. The molecule has 2 aliphatic rings. The molecule has 61 heavy (non-hydrogen) atoms. The number of rotatable bonds is 8. The van der Waals surface area contributed by atoms with Gasteiger partial charge in [0.1, 0.15) is 23.3 Å². The van der Waals surface area contributed by atoms with Gasteiger partial charge in [-0.25, -0.2) is 39.9 Å². The minimum absolute atomic E-state index is 0.152. The molecule has 8 rings (SSSR count). The largest absolute Gasteiger partial charge is 0.354 e. The molecule has 2 atom stereocenters. The Morgan fingerprint density at radius 3 is 1.66 bits per heavy atom. The van der Waals surface area contributed by atoms with Crippen molar-refractivity contribution >= 4 is 106 Å². The quantitative estimate of drug-likeness (QED) is 0.119. The van der Waals surface area contributed by atoms with E-state index >= 15 is 0 Å². The lowest BCUT2D eigenvalue weighted by Gasteiger charge is -2.21. The second-order valence-corrected chi connectivity index (χ2v) is 16.4. The lowest BCUT2D eigenvalue weighted by Crippen LogP contribution is -2.27. The molecule has 0 unspecified atom stereocenters. The van der Waals surface area contributed by atoms with Crippen LogP contribution in [0.1, 0.15) is 24.5 Å². The molecule has 0 bridgehead atoms. The molecule has 2 amide bonds. The van der Waals surface area contributed by atoms with Crippen LogP contribution >= 0.6 is 43.5 Å². The van der Waals surface area contributed by atoms with Gasteiger partial charge in [-0.1, -0.05) is 13.2 Å². The smallest absolute Gasteiger partial charge is 0.250 e. The van der Waals surface area contributed by atoms with E-state index in [1.165, 1.54) is 12.2 Å². The van der Waals surface area contributed by atoms with E-state index in [9.17, 15) is 9.59 Å². The Morgan fingerprint density at radius 2 is 1.21 bits per heavy atom. The molecule has 2 aliphatic heterocycles. The van der Waals surface area contributed by atoms with Crippen LogP contribution in [0.15, 0.2) is 95.4 Å². The lowest BCUT2D eigenvalue weighted by molar-refractivity contribution is -0.114. The molecule has 316 valence electrons. The van der Waals surface area contributed by atoms with E-state index in [0.717, 1.165) is 92.8 Å². The Bertz CT molecular complexity index is 2530. The Morgan fingerprint density at radius 1 is 0.754 bits per heavy atom. The van der Waals surface area contributed by atoms with E-state index in [-0.39, 0.29) is 29.2 Å². The Hall–Kier alpha value is -5.69. The number of likely N-dealkylation sites (N-methyl/N-ethyl adjacent to an activating group) is 2. The molecule has 19 heteroatoms. The summed E-state index contributed by atoms with van der Waals surface area (Å²) in [6, 6.07) is 12.0. The standard InChI is InChI=1S/C21H22BrN7O.C17H21N5O.C4H2BrClN2/c1-4-19(30)28(3)16-5-6-17-18(9-16)25-13(2)26-20(17)29-8-7-15(12-29)27-21-23-10-14(22)11-24-21;1-4-16(23)21(3)13-5-6-14-15(9-13)19-11(2)20-17(14)22-8-7-12(18)10-22;5-3-1-7-4(6)8-2-3/h4-6,9-11,15H,1,7-8,12H2,2-3H3,(H,23,24,27);4-6,9,12H,1,7-8,10,18H2,2-3H3;1-2H/t15-;12-;/m11./s1. The van der Waals surface area contributed by atoms with Crippen LogP contribution in [-0.2, 0) is 9.59 Å². The van der Waals surface area contributed by atoms with Gasteiger partial charge in [0.05, 0.1) is 20.0 Å². The fourth-order valence-corrected chi connectivity index (χ4v) is 7.28. The number of hydrogen-bond acceptors (Lipinski definition) is 14. The topological polar surface area (TPSA) is 188 Å². The Kier molecular flexibility index (Phi) is 14.9. The molecule has 0 radical (unpaired) electrons. The zero-order valence-electron chi connectivity index (χ0n) is 34.1. The van der Waals surface area contributed by atoms with Crippen molar-refractivity contribution in [2.75, 3.05) is 65.2 Å². The van der Waals surface area contributed by atoms with Crippen molar-refractivity contribution in [2.45, 2.75) is 38.8 Å². The van der Waals surface area contributed by atoms with Gasteiger partial charge in [-0.05, 0) is 119 Å². The number of aryl methyl sites for hydroxylation is 2. The maximum atomic E-state index is 11.9. The lowest BCUT2D eigenvalue weighted by atomic mass is 10.2. The van der Waals surface area contributed by atoms with Crippen LogP contribution < -0.4 is 30.7 Å². The summed E-state index contributed by atoms with van der Waals surface area (Å²) < 4.78 is 1.69. The minimum Gasteiger partial charge on any atom is -0.354 e. The number of carbonyl (C=O) groups is 2. The van der Waals surface area contributed by atoms with Gasteiger partial charge in [-0.2, -0.15) is 0 Å². The van der Waals surface area contributed by atoms with E-state index < -0.39 is 0 Å². The van der Waals surface area contributed by atoms with Gasteiger partial charge in [0.2, 0.25) is 23.0 Å². The van der Waals surface area contributed by atoms with E-state index in [1.54, 1.807) is 48.7 Å². The van der Waals surface area contributed by atoms with Crippen LogP contribution in [0.4, 0.5) is 29.0 Å². The van der Waals surface area contributed by atoms with Gasteiger partial charge in [0.15, 0.2) is 0 Å². The first kappa shape index (κ1) is 44.9. The third-order valence-corrected chi connectivity index (χ3v) is 10.9. The third kappa shape index (κ3) is 11.4. The zero-order chi connectivity index (χ0) is 43.8. The van der Waals surface area contributed by atoms with Crippen molar-refractivity contribution in [3.8, 4) is 0 Å². The second-order valence-electron chi connectivity index (χ2n) is 14.3. The Balaban J connectivity index is 0.000000177. The molecule has 2 aromatic carbocycles. The summed E-state index contributed by atoms with van der Waals surface area (Å²) >= 11 is 11.9. The van der Waals surface area contributed by atoms with Crippen LogP contribution in [-0.4, -0.2) is 104 Å². The number of nitrogens with one attached hydrogen (secondary N) is 1. The summed E-state index contributed by atoms with van der Waals surface area (Å²) in [5.74, 6) is 3.54. The highest BCUT2D eigenvalue weighted by Crippen LogP contribution is 2.31. The van der Waals surface area contributed by atoms with Crippen molar-refractivity contribution in [3.05, 3.63) is 112 Å². The predicted octanol–water partition coefficient (Wildman–Crippen LogP) is 6.85. The average molecular weight is 973 g/mol. The van der Waals surface area contributed by atoms with Crippen LogP contribution in [0.2, 0.25) is 5.28 Å². The third-order valence-electron chi connectivity index (χ3n) is 9.88. The van der Waals surface area contributed by atoms with E-state index in [4.69, 9.17) is 22.3 Å². The summed E-state index contributed by atoms with van der Waals surface area (Å²) in [6.07, 6.45) is 11.2. The summed E-state index contributed by atoms with van der Waals surface area (Å²) in [6.45, 7) is 14.2. The summed E-state index contributed by atoms with van der Waals surface area (Å²) in [4.78, 5) is 65.7. The zero-order valence-corrected chi connectivity index (χ0v) is 38.1. The van der Waals surface area contributed by atoms with Crippen molar-refractivity contribution in [1.82, 2.24) is 39.9 Å². The van der Waals surface area contributed by atoms with Crippen molar-refractivity contribution in [3.63, 3.8) is 0 Å². The number of carbonyl (C=O) groups excluding carboxylic acids is 2. The predicted molar refractivity (Wildman–Crippen MR) is 249 cm³/mol. The molecule has 6 aromatic rings. The molecule has 0 aliphatic carbocycles. The molecule has 6 heterocycles. The first-order chi connectivity index (χ1) is 29.2. The number of nitrogens with zero attached hydrogens (tertiary/aromatic N) is 12. The molecule has 3 N–H and O–H groups in total. The number of aromatic nitrogens is 8. The maximum Gasteiger partial charge on any atom is 0.250 e. The first-order valence-corrected chi connectivity index (χ1v) is 21.2. The number of nitrogens with two attached hydrogens (primary N) is 1. The maximum absolute atomic E-state index is 11.9. The number of benzene rings is 2. The van der Waals surface area contributed by atoms with Crippen molar-refractivity contribution in [1.29, 1.82) is 0 Å². The van der Waals surface area contributed by atoms with Gasteiger partial charge >= 0.3 is 0 Å². The summed E-state index contributed by atoms with van der Waals surface area (Å²) in [7, 11) is 3.45. The van der Waals surface area contributed by atoms with Gasteiger partial charge in [0.25, 0.3) is 0 Å². The normalized spacial score (nSPS) is 15.7. The number of amides is 2. The van der Waals surface area contributed by atoms with Crippen LogP contribution in [0.3, 0.4) is 0 Å². The van der Waals surface area contributed by atoms with E-state index in [1.807, 2.05) is 50.2 Å². The summed E-state index contributed by atoms with van der Waals surface area (Å²) in [5.41, 5.74) is 9.21. The molecular formula is C42H45Br2ClN14O2. The molecule has 0 saturated carbocycles. The monoisotopic (exact) mass is 970 g/mol. The molecule has 16 nitrogen and oxygen atoms in total. The highest BCUT2D eigenvalue weighted by atomic mass is 79.9. The number of fused-ring (bicyclic) bond motifs is 2. The molecule has 0 spiro atoms. The summed E-state index contributed by atoms with van der Waals surface area (Å²) in [5, 5.41) is 5.61. The van der Waals surface area contributed by atoms with Gasteiger partial charge in [-0.3, -0.25) is 9.59 Å². The van der Waals surface area contributed by atoms with Crippen molar-refractivity contribution in [2.24, 2.45) is 5.73 Å². The second kappa shape index (κ2) is 20.2. The molecule has 2 saturated heterocycles. The van der Waals surface area contributed by atoms with Gasteiger partial charge in [0, 0.05) is 99.3 Å². The molecule has 2 fully saturated rings. The fourth-order valence-electron chi connectivity index (χ4n) is 6.77. The van der Waals surface area contributed by atoms with E-state index in [0.29, 0.717) is 17.6 Å². The minimum atomic E-state index is -0.163.